The smallest absolute Gasteiger partial charge is 0.207 e. The van der Waals surface area contributed by atoms with Crippen molar-refractivity contribution in [2.75, 3.05) is 0 Å². The largest absolute Gasteiger partial charge is 0.240 e. The summed E-state index contributed by atoms with van der Waals surface area (Å²) in [5.74, 6) is 0. The Kier molecular flexibility index (Phi) is 3.76. The van der Waals surface area contributed by atoms with Gasteiger partial charge in [-0.25, -0.2) is 13.1 Å². The summed E-state index contributed by atoms with van der Waals surface area (Å²) in [6.45, 7) is 1.93. The molecular formula is C12H16ClNO2S. The van der Waals surface area contributed by atoms with Crippen LogP contribution < -0.4 is 4.72 Å². The molecule has 1 saturated carbocycles. The Morgan fingerprint density at radius 1 is 1.24 bits per heavy atom. The van der Waals surface area contributed by atoms with Gasteiger partial charge in [-0.1, -0.05) is 24.1 Å². The van der Waals surface area contributed by atoms with Crippen molar-refractivity contribution in [2.45, 2.75) is 42.5 Å². The quantitative estimate of drug-likeness (QED) is 0.860. The summed E-state index contributed by atoms with van der Waals surface area (Å²) in [4.78, 5) is 0.305. The van der Waals surface area contributed by atoms with Gasteiger partial charge >= 0.3 is 0 Å². The first-order chi connectivity index (χ1) is 7.99. The summed E-state index contributed by atoms with van der Waals surface area (Å²) in [6.07, 6.45) is 2.68. The predicted octanol–water partition coefficient (Wildman–Crippen LogP) is 2.43. The molecule has 0 saturated heterocycles. The first kappa shape index (κ1) is 12.9. The van der Waals surface area contributed by atoms with Crippen LogP contribution in [0.3, 0.4) is 0 Å². The first-order valence-electron chi connectivity index (χ1n) is 5.72. The van der Waals surface area contributed by atoms with Gasteiger partial charge in [0.15, 0.2) is 0 Å². The Labute approximate surface area is 107 Å². The predicted molar refractivity (Wildman–Crippen MR) is 68.8 cm³/mol. The van der Waals surface area contributed by atoms with Gasteiger partial charge in [0.25, 0.3) is 0 Å². The molecule has 94 valence electrons. The number of halogens is 1. The molecule has 1 aromatic carbocycles. The van der Waals surface area contributed by atoms with E-state index in [0.717, 1.165) is 24.8 Å². The molecular weight excluding hydrogens is 258 g/mol. The number of hydrogen-bond acceptors (Lipinski definition) is 2. The number of aryl methyl sites for hydroxylation is 1. The maximum absolute atomic E-state index is 12.1. The van der Waals surface area contributed by atoms with E-state index >= 15 is 0 Å². The normalized spacial score (nSPS) is 25.1. The van der Waals surface area contributed by atoms with Crippen LogP contribution in [-0.2, 0) is 10.0 Å². The number of rotatable bonds is 3. The van der Waals surface area contributed by atoms with Crippen LogP contribution in [0.4, 0.5) is 0 Å². The number of hydrogen-bond donors (Lipinski definition) is 1. The van der Waals surface area contributed by atoms with E-state index in [2.05, 4.69) is 4.72 Å². The van der Waals surface area contributed by atoms with Crippen LogP contribution in [0.15, 0.2) is 29.2 Å². The SMILES string of the molecule is Cc1ccc(S(=O)(=O)N[C@@H]2CCC[C@@H]2Cl)cc1. The highest BCUT2D eigenvalue weighted by molar-refractivity contribution is 7.89. The van der Waals surface area contributed by atoms with Gasteiger partial charge < -0.3 is 0 Å². The lowest BCUT2D eigenvalue weighted by molar-refractivity contribution is 0.554. The van der Waals surface area contributed by atoms with Crippen LogP contribution >= 0.6 is 11.6 Å². The third kappa shape index (κ3) is 3.00. The lowest BCUT2D eigenvalue weighted by atomic mass is 10.2. The zero-order valence-electron chi connectivity index (χ0n) is 9.69. The Balaban J connectivity index is 2.16. The Morgan fingerprint density at radius 3 is 2.41 bits per heavy atom. The molecule has 0 aromatic heterocycles. The zero-order valence-corrected chi connectivity index (χ0v) is 11.3. The Morgan fingerprint density at radius 2 is 1.88 bits per heavy atom. The van der Waals surface area contributed by atoms with E-state index in [1.165, 1.54) is 0 Å². The van der Waals surface area contributed by atoms with Gasteiger partial charge in [0.05, 0.1) is 4.90 Å². The molecule has 1 aliphatic rings. The molecule has 5 heteroatoms. The molecule has 17 heavy (non-hydrogen) atoms. The maximum atomic E-state index is 12.1. The molecule has 0 aliphatic heterocycles. The van der Waals surface area contributed by atoms with Gasteiger partial charge in [0, 0.05) is 11.4 Å². The number of alkyl halides is 1. The number of benzene rings is 1. The van der Waals surface area contributed by atoms with Crippen molar-refractivity contribution in [3.63, 3.8) is 0 Å². The van der Waals surface area contributed by atoms with E-state index in [1.807, 2.05) is 6.92 Å². The van der Waals surface area contributed by atoms with Crippen molar-refractivity contribution in [3.05, 3.63) is 29.8 Å². The summed E-state index contributed by atoms with van der Waals surface area (Å²) in [6, 6.07) is 6.69. The van der Waals surface area contributed by atoms with Crippen LogP contribution in [0, 0.1) is 6.92 Å². The molecule has 2 atom stereocenters. The van der Waals surface area contributed by atoms with Gasteiger partial charge in [-0.2, -0.15) is 0 Å². The Hall–Kier alpha value is -0.580. The van der Waals surface area contributed by atoms with Gasteiger partial charge in [-0.3, -0.25) is 0 Å². The highest BCUT2D eigenvalue weighted by Gasteiger charge is 2.29. The van der Waals surface area contributed by atoms with Crippen LogP contribution in [0.25, 0.3) is 0 Å². The fourth-order valence-electron chi connectivity index (χ4n) is 2.03. The third-order valence-corrected chi connectivity index (χ3v) is 5.10. The van der Waals surface area contributed by atoms with Crippen LogP contribution in [-0.4, -0.2) is 19.8 Å². The van der Waals surface area contributed by atoms with Crippen LogP contribution in [0.5, 0.6) is 0 Å². The molecule has 0 bridgehead atoms. The minimum Gasteiger partial charge on any atom is -0.207 e. The van der Waals surface area contributed by atoms with Gasteiger partial charge in [0.2, 0.25) is 10.0 Å². The molecule has 3 nitrogen and oxygen atoms in total. The highest BCUT2D eigenvalue weighted by Crippen LogP contribution is 2.25. The molecule has 0 radical (unpaired) electrons. The minimum atomic E-state index is -3.43. The monoisotopic (exact) mass is 273 g/mol. The molecule has 1 aliphatic carbocycles. The van der Waals surface area contributed by atoms with Crippen molar-refractivity contribution in [1.82, 2.24) is 4.72 Å². The van der Waals surface area contributed by atoms with Gasteiger partial charge in [-0.15, -0.1) is 11.6 Å². The first-order valence-corrected chi connectivity index (χ1v) is 7.64. The summed E-state index contributed by atoms with van der Waals surface area (Å²) in [7, 11) is -3.43. The van der Waals surface area contributed by atoms with E-state index in [-0.39, 0.29) is 11.4 Å². The second kappa shape index (κ2) is 4.96. The van der Waals surface area contributed by atoms with Crippen LogP contribution in [0.2, 0.25) is 0 Å². The summed E-state index contributed by atoms with van der Waals surface area (Å²) in [5.41, 5.74) is 1.04. The van der Waals surface area contributed by atoms with E-state index in [4.69, 9.17) is 11.6 Å². The molecule has 0 unspecified atom stereocenters. The third-order valence-electron chi connectivity index (χ3n) is 3.07. The van der Waals surface area contributed by atoms with Crippen molar-refractivity contribution < 1.29 is 8.42 Å². The maximum Gasteiger partial charge on any atom is 0.240 e. The molecule has 0 spiro atoms. The van der Waals surface area contributed by atoms with Crippen molar-refractivity contribution in [2.24, 2.45) is 0 Å². The zero-order chi connectivity index (χ0) is 12.5. The average molecular weight is 274 g/mol. The fraction of sp³-hybridized carbons (Fsp3) is 0.500. The summed E-state index contributed by atoms with van der Waals surface area (Å²) in [5, 5.41) is -0.0878. The van der Waals surface area contributed by atoms with Crippen LogP contribution in [0.1, 0.15) is 24.8 Å². The topological polar surface area (TPSA) is 46.2 Å². The fourth-order valence-corrected chi connectivity index (χ4v) is 3.76. The Bertz CT molecular complexity index is 484. The molecule has 1 aromatic rings. The van der Waals surface area contributed by atoms with E-state index < -0.39 is 10.0 Å². The van der Waals surface area contributed by atoms with E-state index in [9.17, 15) is 8.42 Å². The lowest BCUT2D eigenvalue weighted by Crippen LogP contribution is -2.37. The highest BCUT2D eigenvalue weighted by atomic mass is 35.5. The average Bonchev–Trinajstić information content (AvgIpc) is 2.64. The van der Waals surface area contributed by atoms with Crippen molar-refractivity contribution in [1.29, 1.82) is 0 Å². The molecule has 2 rings (SSSR count). The van der Waals surface area contributed by atoms with E-state index in [0.29, 0.717) is 4.90 Å². The van der Waals surface area contributed by atoms with Crippen molar-refractivity contribution >= 4 is 21.6 Å². The molecule has 0 amide bonds. The minimum absolute atomic E-state index is 0.0878. The van der Waals surface area contributed by atoms with Gasteiger partial charge in [-0.05, 0) is 31.9 Å². The number of sulfonamides is 1. The van der Waals surface area contributed by atoms with Crippen molar-refractivity contribution in [3.8, 4) is 0 Å². The molecule has 1 N–H and O–H groups in total. The molecule has 1 fully saturated rings. The standard InChI is InChI=1S/C12H16ClNO2S/c1-9-5-7-10(8-6-9)17(15,16)14-12-4-2-3-11(12)13/h5-8,11-12,14H,2-4H2,1H3/t11-,12+/m0/s1. The second-order valence-electron chi connectivity index (χ2n) is 4.49. The van der Waals surface area contributed by atoms with E-state index in [1.54, 1.807) is 24.3 Å². The number of nitrogens with one attached hydrogen (secondary N) is 1. The lowest BCUT2D eigenvalue weighted by Gasteiger charge is -2.16. The second-order valence-corrected chi connectivity index (χ2v) is 6.76. The molecule has 0 heterocycles. The summed E-state index contributed by atoms with van der Waals surface area (Å²) >= 11 is 6.07. The summed E-state index contributed by atoms with van der Waals surface area (Å²) < 4.78 is 26.8. The van der Waals surface area contributed by atoms with Gasteiger partial charge in [0.1, 0.15) is 0 Å².